The van der Waals surface area contributed by atoms with Gasteiger partial charge >= 0.3 is 0 Å². The Morgan fingerprint density at radius 3 is 2.67 bits per heavy atom. The second-order valence-corrected chi connectivity index (χ2v) is 4.21. The van der Waals surface area contributed by atoms with Crippen LogP contribution in [-0.2, 0) is 0 Å². The molecular weight excluding hydrogens is 188 g/mol. The van der Waals surface area contributed by atoms with Crippen LogP contribution in [0.25, 0.3) is 0 Å². The van der Waals surface area contributed by atoms with E-state index in [2.05, 4.69) is 0 Å². The van der Waals surface area contributed by atoms with Crippen molar-refractivity contribution in [3.05, 3.63) is 35.9 Å². The maximum Gasteiger partial charge on any atom is 0.166 e. The Hall–Kier alpha value is -1.15. The van der Waals surface area contributed by atoms with Gasteiger partial charge in [0.25, 0.3) is 0 Å². The van der Waals surface area contributed by atoms with Gasteiger partial charge in [-0.2, -0.15) is 0 Å². The SMILES string of the molecule is O=C(c1ccccc1)[C@@H]1CCC[C@H]1CO. The summed E-state index contributed by atoms with van der Waals surface area (Å²) in [4.78, 5) is 12.1. The number of rotatable bonds is 3. The highest BCUT2D eigenvalue weighted by molar-refractivity contribution is 5.98. The molecule has 2 nitrogen and oxygen atoms in total. The van der Waals surface area contributed by atoms with E-state index in [1.165, 1.54) is 0 Å². The van der Waals surface area contributed by atoms with E-state index in [0.717, 1.165) is 24.8 Å². The van der Waals surface area contributed by atoms with E-state index >= 15 is 0 Å². The predicted octanol–water partition coefficient (Wildman–Crippen LogP) is 2.28. The first-order valence-corrected chi connectivity index (χ1v) is 5.53. The van der Waals surface area contributed by atoms with E-state index in [4.69, 9.17) is 0 Å². The topological polar surface area (TPSA) is 37.3 Å². The van der Waals surface area contributed by atoms with E-state index in [0.29, 0.717) is 0 Å². The van der Waals surface area contributed by atoms with Crippen LogP contribution in [0.4, 0.5) is 0 Å². The largest absolute Gasteiger partial charge is 0.396 e. The Labute approximate surface area is 89.9 Å². The molecule has 2 atom stereocenters. The molecule has 1 aliphatic rings. The van der Waals surface area contributed by atoms with Crippen LogP contribution in [0, 0.1) is 11.8 Å². The quantitative estimate of drug-likeness (QED) is 0.767. The van der Waals surface area contributed by atoms with Gasteiger partial charge in [0.2, 0.25) is 0 Å². The van der Waals surface area contributed by atoms with E-state index in [1.807, 2.05) is 30.3 Å². The molecule has 2 rings (SSSR count). The number of aliphatic hydroxyl groups is 1. The molecule has 0 aromatic heterocycles. The monoisotopic (exact) mass is 204 g/mol. The molecule has 1 fully saturated rings. The fourth-order valence-electron chi connectivity index (χ4n) is 2.42. The van der Waals surface area contributed by atoms with E-state index < -0.39 is 0 Å². The summed E-state index contributed by atoms with van der Waals surface area (Å²) in [6.45, 7) is 0.142. The van der Waals surface area contributed by atoms with Crippen LogP contribution in [0.5, 0.6) is 0 Å². The summed E-state index contributed by atoms with van der Waals surface area (Å²) in [5, 5.41) is 9.18. The lowest BCUT2D eigenvalue weighted by molar-refractivity contribution is 0.0851. The number of carbonyl (C=O) groups is 1. The van der Waals surface area contributed by atoms with Crippen LogP contribution in [0.2, 0.25) is 0 Å². The molecule has 1 saturated carbocycles. The third-order valence-corrected chi connectivity index (χ3v) is 3.29. The summed E-state index contributed by atoms with van der Waals surface area (Å²) in [5.74, 6) is 0.419. The van der Waals surface area contributed by atoms with Crippen molar-refractivity contribution in [2.75, 3.05) is 6.61 Å². The second kappa shape index (κ2) is 4.58. The Balaban J connectivity index is 2.14. The number of ketones is 1. The maximum atomic E-state index is 12.1. The summed E-state index contributed by atoms with van der Waals surface area (Å²) in [5.41, 5.74) is 0.780. The Kier molecular flexibility index (Phi) is 3.17. The zero-order valence-corrected chi connectivity index (χ0v) is 8.73. The average molecular weight is 204 g/mol. The first-order valence-electron chi connectivity index (χ1n) is 5.53. The summed E-state index contributed by atoms with van der Waals surface area (Å²) < 4.78 is 0. The van der Waals surface area contributed by atoms with Crippen molar-refractivity contribution < 1.29 is 9.90 Å². The normalized spacial score (nSPS) is 25.4. The minimum absolute atomic E-state index is 0.0393. The molecule has 0 bridgehead atoms. The molecule has 0 amide bonds. The smallest absolute Gasteiger partial charge is 0.166 e. The van der Waals surface area contributed by atoms with Crippen molar-refractivity contribution >= 4 is 5.78 Å². The zero-order valence-electron chi connectivity index (χ0n) is 8.73. The van der Waals surface area contributed by atoms with Crippen molar-refractivity contribution in [3.63, 3.8) is 0 Å². The van der Waals surface area contributed by atoms with Crippen LogP contribution in [0.15, 0.2) is 30.3 Å². The molecule has 1 aromatic carbocycles. The van der Waals surface area contributed by atoms with Gasteiger partial charge < -0.3 is 5.11 Å². The molecular formula is C13H16O2. The molecule has 1 aromatic rings. The van der Waals surface area contributed by atoms with Crippen LogP contribution < -0.4 is 0 Å². The van der Waals surface area contributed by atoms with Crippen LogP contribution in [0.3, 0.4) is 0 Å². The summed E-state index contributed by atoms with van der Waals surface area (Å²) in [7, 11) is 0. The van der Waals surface area contributed by atoms with Gasteiger partial charge in [0, 0.05) is 18.1 Å². The molecule has 0 aliphatic heterocycles. The van der Waals surface area contributed by atoms with Crippen LogP contribution in [-0.4, -0.2) is 17.5 Å². The standard InChI is InChI=1S/C13H16O2/c14-9-11-7-4-8-12(11)13(15)10-5-2-1-3-6-10/h1-3,5-6,11-12,14H,4,7-9H2/t11-,12+/m0/s1. The number of carbonyl (C=O) groups excluding carboxylic acids is 1. The molecule has 1 N–H and O–H groups in total. The van der Waals surface area contributed by atoms with Gasteiger partial charge in [0.15, 0.2) is 5.78 Å². The number of hydrogen-bond acceptors (Lipinski definition) is 2. The van der Waals surface area contributed by atoms with Crippen molar-refractivity contribution in [1.29, 1.82) is 0 Å². The number of benzene rings is 1. The van der Waals surface area contributed by atoms with Crippen molar-refractivity contribution in [2.24, 2.45) is 11.8 Å². The highest BCUT2D eigenvalue weighted by Gasteiger charge is 2.32. The third-order valence-electron chi connectivity index (χ3n) is 3.29. The minimum Gasteiger partial charge on any atom is -0.396 e. The van der Waals surface area contributed by atoms with Crippen molar-refractivity contribution in [3.8, 4) is 0 Å². The van der Waals surface area contributed by atoms with Gasteiger partial charge in [0.05, 0.1) is 0 Å². The number of hydrogen-bond donors (Lipinski definition) is 1. The second-order valence-electron chi connectivity index (χ2n) is 4.21. The molecule has 1 aliphatic carbocycles. The molecule has 0 saturated heterocycles. The average Bonchev–Trinajstić information content (AvgIpc) is 2.77. The van der Waals surface area contributed by atoms with E-state index in [1.54, 1.807) is 0 Å². The summed E-state index contributed by atoms with van der Waals surface area (Å²) >= 11 is 0. The molecule has 2 heteroatoms. The lowest BCUT2D eigenvalue weighted by Crippen LogP contribution is -2.21. The Bertz CT molecular complexity index is 332. The summed E-state index contributed by atoms with van der Waals surface area (Å²) in [6.07, 6.45) is 2.98. The van der Waals surface area contributed by atoms with Gasteiger partial charge in [0.1, 0.15) is 0 Å². The Morgan fingerprint density at radius 1 is 1.27 bits per heavy atom. The minimum atomic E-state index is 0.0393. The van der Waals surface area contributed by atoms with Crippen LogP contribution in [0.1, 0.15) is 29.6 Å². The number of Topliss-reactive ketones (excluding diaryl/α,β-unsaturated/α-hetero) is 1. The number of aliphatic hydroxyl groups excluding tert-OH is 1. The molecule has 0 radical (unpaired) electrons. The fourth-order valence-corrected chi connectivity index (χ4v) is 2.42. The molecule has 80 valence electrons. The lowest BCUT2D eigenvalue weighted by atomic mass is 9.89. The van der Waals surface area contributed by atoms with Crippen molar-refractivity contribution in [2.45, 2.75) is 19.3 Å². The highest BCUT2D eigenvalue weighted by atomic mass is 16.3. The fraction of sp³-hybridized carbons (Fsp3) is 0.462. The van der Waals surface area contributed by atoms with E-state index in [9.17, 15) is 9.90 Å². The highest BCUT2D eigenvalue weighted by Crippen LogP contribution is 2.33. The van der Waals surface area contributed by atoms with E-state index in [-0.39, 0.29) is 24.2 Å². The predicted molar refractivity (Wildman–Crippen MR) is 58.7 cm³/mol. The lowest BCUT2D eigenvalue weighted by Gasteiger charge is -2.15. The maximum absolute atomic E-state index is 12.1. The molecule has 15 heavy (non-hydrogen) atoms. The van der Waals surface area contributed by atoms with Gasteiger partial charge in [-0.1, -0.05) is 36.8 Å². The zero-order chi connectivity index (χ0) is 10.7. The van der Waals surface area contributed by atoms with Gasteiger partial charge in [-0.15, -0.1) is 0 Å². The Morgan fingerprint density at radius 2 is 2.00 bits per heavy atom. The first kappa shape index (κ1) is 10.4. The van der Waals surface area contributed by atoms with Crippen LogP contribution >= 0.6 is 0 Å². The summed E-state index contributed by atoms with van der Waals surface area (Å²) in [6, 6.07) is 9.39. The molecule has 0 unspecified atom stereocenters. The molecule has 0 spiro atoms. The van der Waals surface area contributed by atoms with Crippen molar-refractivity contribution in [1.82, 2.24) is 0 Å². The molecule has 0 heterocycles. The first-order chi connectivity index (χ1) is 7.33. The van der Waals surface area contributed by atoms with Gasteiger partial charge in [-0.05, 0) is 18.8 Å². The third kappa shape index (κ3) is 2.10. The van der Waals surface area contributed by atoms with Gasteiger partial charge in [-0.3, -0.25) is 4.79 Å². The van der Waals surface area contributed by atoms with Gasteiger partial charge in [-0.25, -0.2) is 0 Å².